The predicted octanol–water partition coefficient (Wildman–Crippen LogP) is 3.81. The van der Waals surface area contributed by atoms with E-state index in [1.165, 1.54) is 19.2 Å². The molecule has 0 unspecified atom stereocenters. The third-order valence-electron chi connectivity index (χ3n) is 6.58. The zero-order valence-corrected chi connectivity index (χ0v) is 20.3. The summed E-state index contributed by atoms with van der Waals surface area (Å²) in [5, 5.41) is 4.40. The number of carbonyl (C=O) groups is 1. The van der Waals surface area contributed by atoms with Crippen molar-refractivity contribution in [2.24, 2.45) is 0 Å². The molecule has 1 amide bonds. The summed E-state index contributed by atoms with van der Waals surface area (Å²) in [5.74, 6) is -0.503. The molecule has 2 aromatic heterocycles. The number of fused-ring (bicyclic) bond motifs is 1. The van der Waals surface area contributed by atoms with Gasteiger partial charge in [0.15, 0.2) is 17.4 Å². The number of aromatic nitrogens is 4. The van der Waals surface area contributed by atoms with Crippen LogP contribution in [0, 0.1) is 11.6 Å². The largest absolute Gasteiger partial charge is 0.487 e. The van der Waals surface area contributed by atoms with Crippen molar-refractivity contribution in [3.8, 4) is 17.0 Å². The third kappa shape index (κ3) is 4.82. The second kappa shape index (κ2) is 10.1. The standard InChI is InChI=1S/C25H28F2N6O3/c1-3-33-14-16(13-28-33)23-24(30-20-8-11-32(25(34)35-2)15-21(20)29-23)31-9-6-18(7-10-31)36-22-5-4-17(26)12-19(22)27/h4-5,12-14,18H,3,6-11,15H2,1-2H3. The maximum Gasteiger partial charge on any atom is 0.409 e. The zero-order valence-electron chi connectivity index (χ0n) is 20.3. The number of carbonyl (C=O) groups excluding carboxylic acids is 1. The molecular weight excluding hydrogens is 470 g/mol. The van der Waals surface area contributed by atoms with Crippen molar-refractivity contribution in [1.82, 2.24) is 24.6 Å². The fraction of sp³-hybridized carbons (Fsp3) is 0.440. The van der Waals surface area contributed by atoms with Gasteiger partial charge in [0.05, 0.1) is 31.2 Å². The molecule has 0 bridgehead atoms. The second-order valence-electron chi connectivity index (χ2n) is 8.89. The minimum Gasteiger partial charge on any atom is -0.487 e. The highest BCUT2D eigenvalue weighted by molar-refractivity contribution is 5.72. The van der Waals surface area contributed by atoms with E-state index in [1.54, 1.807) is 11.1 Å². The highest BCUT2D eigenvalue weighted by atomic mass is 19.1. The first-order valence-corrected chi connectivity index (χ1v) is 12.1. The first-order valence-electron chi connectivity index (χ1n) is 12.1. The van der Waals surface area contributed by atoms with Crippen LogP contribution in [0.15, 0.2) is 30.6 Å². The quantitative estimate of drug-likeness (QED) is 0.529. The molecule has 4 heterocycles. The molecule has 2 aliphatic rings. The molecule has 0 saturated carbocycles. The number of halogens is 2. The molecule has 0 atom stereocenters. The Morgan fingerprint density at radius 1 is 1.14 bits per heavy atom. The lowest BCUT2D eigenvalue weighted by Crippen LogP contribution is -2.40. The van der Waals surface area contributed by atoms with Crippen LogP contribution < -0.4 is 9.64 Å². The van der Waals surface area contributed by atoms with Crippen LogP contribution in [0.2, 0.25) is 0 Å². The SMILES string of the molecule is CCn1cc(-c2nc3c(nc2N2CCC(Oc4ccc(F)cc4F)CC2)CCN(C(=O)OC)C3)cn1. The van der Waals surface area contributed by atoms with E-state index in [-0.39, 0.29) is 17.9 Å². The predicted molar refractivity (Wildman–Crippen MR) is 128 cm³/mol. The summed E-state index contributed by atoms with van der Waals surface area (Å²) in [6, 6.07) is 3.35. The Morgan fingerprint density at radius 2 is 1.94 bits per heavy atom. The average molecular weight is 499 g/mol. The normalized spacial score (nSPS) is 16.1. The lowest BCUT2D eigenvalue weighted by Gasteiger charge is -2.35. The molecule has 3 aromatic rings. The van der Waals surface area contributed by atoms with Crippen molar-refractivity contribution in [2.75, 3.05) is 31.6 Å². The number of rotatable bonds is 5. The summed E-state index contributed by atoms with van der Waals surface area (Å²) in [4.78, 5) is 25.8. The molecule has 1 aromatic carbocycles. The third-order valence-corrected chi connectivity index (χ3v) is 6.58. The summed E-state index contributed by atoms with van der Waals surface area (Å²) in [5.41, 5.74) is 3.18. The number of hydrogen-bond donors (Lipinski definition) is 0. The van der Waals surface area contributed by atoms with Gasteiger partial charge in [0, 0.05) is 63.3 Å². The molecule has 5 rings (SSSR count). The van der Waals surface area contributed by atoms with Crippen LogP contribution in [0.1, 0.15) is 31.2 Å². The minimum absolute atomic E-state index is 0.0613. The molecule has 0 N–H and O–H groups in total. The molecule has 36 heavy (non-hydrogen) atoms. The molecule has 0 radical (unpaired) electrons. The number of amides is 1. The van der Waals surface area contributed by atoms with Gasteiger partial charge in [-0.3, -0.25) is 4.68 Å². The van der Waals surface area contributed by atoms with Gasteiger partial charge in [-0.1, -0.05) is 0 Å². The second-order valence-corrected chi connectivity index (χ2v) is 8.89. The summed E-state index contributed by atoms with van der Waals surface area (Å²) < 4.78 is 39.8. The van der Waals surface area contributed by atoms with E-state index in [9.17, 15) is 13.6 Å². The first-order chi connectivity index (χ1) is 17.4. The summed E-state index contributed by atoms with van der Waals surface area (Å²) in [6.45, 7) is 4.88. The maximum absolute atomic E-state index is 14.0. The van der Waals surface area contributed by atoms with E-state index in [0.717, 1.165) is 35.4 Å². The molecule has 0 spiro atoms. The molecule has 11 heteroatoms. The Labute approximate surface area is 207 Å². The van der Waals surface area contributed by atoms with Gasteiger partial charge in [0.1, 0.15) is 17.6 Å². The zero-order chi connectivity index (χ0) is 25.2. The van der Waals surface area contributed by atoms with Gasteiger partial charge in [-0.2, -0.15) is 5.10 Å². The lowest BCUT2D eigenvalue weighted by molar-refractivity contribution is 0.117. The maximum atomic E-state index is 14.0. The Morgan fingerprint density at radius 3 is 2.64 bits per heavy atom. The van der Waals surface area contributed by atoms with E-state index in [1.807, 2.05) is 17.8 Å². The molecule has 1 fully saturated rings. The van der Waals surface area contributed by atoms with E-state index in [0.29, 0.717) is 51.1 Å². The van der Waals surface area contributed by atoms with Gasteiger partial charge >= 0.3 is 6.09 Å². The van der Waals surface area contributed by atoms with Crippen LogP contribution in [0.25, 0.3) is 11.3 Å². The van der Waals surface area contributed by atoms with E-state index >= 15 is 0 Å². The van der Waals surface area contributed by atoms with Crippen molar-refractivity contribution in [3.05, 3.63) is 53.6 Å². The van der Waals surface area contributed by atoms with Gasteiger partial charge in [-0.25, -0.2) is 23.5 Å². The Hall–Kier alpha value is -3.76. The van der Waals surface area contributed by atoms with Crippen LogP contribution in [-0.2, 0) is 24.2 Å². The van der Waals surface area contributed by atoms with Gasteiger partial charge in [-0.15, -0.1) is 0 Å². The van der Waals surface area contributed by atoms with Gasteiger partial charge in [0.25, 0.3) is 0 Å². The Balaban J connectivity index is 1.39. The van der Waals surface area contributed by atoms with Crippen LogP contribution in [-0.4, -0.2) is 63.6 Å². The minimum atomic E-state index is -0.700. The van der Waals surface area contributed by atoms with Gasteiger partial charge < -0.3 is 19.3 Å². The fourth-order valence-electron chi connectivity index (χ4n) is 4.62. The Kier molecular flexibility index (Phi) is 6.71. The number of piperidine rings is 1. The highest BCUT2D eigenvalue weighted by Gasteiger charge is 2.29. The summed E-state index contributed by atoms with van der Waals surface area (Å²) in [6.07, 6.45) is 5.03. The number of anilines is 1. The van der Waals surface area contributed by atoms with Gasteiger partial charge in [0.2, 0.25) is 0 Å². The molecule has 9 nitrogen and oxygen atoms in total. The number of ether oxygens (including phenoxy) is 2. The summed E-state index contributed by atoms with van der Waals surface area (Å²) in [7, 11) is 1.37. The first kappa shape index (κ1) is 24.0. The molecule has 190 valence electrons. The monoisotopic (exact) mass is 498 g/mol. The summed E-state index contributed by atoms with van der Waals surface area (Å²) >= 11 is 0. The molecule has 0 aliphatic carbocycles. The number of aryl methyl sites for hydroxylation is 1. The molecule has 2 aliphatic heterocycles. The van der Waals surface area contributed by atoms with Crippen LogP contribution in [0.3, 0.4) is 0 Å². The number of benzene rings is 1. The fourth-order valence-corrected chi connectivity index (χ4v) is 4.62. The van der Waals surface area contributed by atoms with Crippen molar-refractivity contribution in [2.45, 2.75) is 45.4 Å². The number of hydrogen-bond acceptors (Lipinski definition) is 7. The molecule has 1 saturated heterocycles. The molecular formula is C25H28F2N6O3. The van der Waals surface area contributed by atoms with Crippen LogP contribution >= 0.6 is 0 Å². The Bertz CT molecular complexity index is 1260. The highest BCUT2D eigenvalue weighted by Crippen LogP contribution is 2.33. The van der Waals surface area contributed by atoms with E-state index in [4.69, 9.17) is 19.4 Å². The number of nitrogens with zero attached hydrogens (tertiary/aromatic N) is 6. The van der Waals surface area contributed by atoms with Gasteiger partial charge in [-0.05, 0) is 19.1 Å². The topological polar surface area (TPSA) is 85.6 Å². The van der Waals surface area contributed by atoms with Crippen molar-refractivity contribution >= 4 is 11.9 Å². The number of methoxy groups -OCH3 is 1. The van der Waals surface area contributed by atoms with Crippen LogP contribution in [0.5, 0.6) is 5.75 Å². The van der Waals surface area contributed by atoms with Crippen LogP contribution in [0.4, 0.5) is 19.4 Å². The van der Waals surface area contributed by atoms with Crippen molar-refractivity contribution in [3.63, 3.8) is 0 Å². The smallest absolute Gasteiger partial charge is 0.409 e. The lowest BCUT2D eigenvalue weighted by atomic mass is 10.1. The van der Waals surface area contributed by atoms with E-state index in [2.05, 4.69) is 10.00 Å². The van der Waals surface area contributed by atoms with Crippen molar-refractivity contribution < 1.29 is 23.0 Å². The van der Waals surface area contributed by atoms with Crippen molar-refractivity contribution in [1.29, 1.82) is 0 Å². The average Bonchev–Trinajstić information content (AvgIpc) is 3.38. The van der Waals surface area contributed by atoms with E-state index < -0.39 is 11.6 Å².